The topological polar surface area (TPSA) is 57.1 Å². The van der Waals surface area contributed by atoms with Crippen LogP contribution in [0.15, 0.2) is 46.6 Å². The van der Waals surface area contributed by atoms with Crippen LogP contribution in [-0.2, 0) is 4.79 Å². The van der Waals surface area contributed by atoms with Crippen LogP contribution < -0.4 is 5.32 Å². The molecule has 2 atom stereocenters. The Balaban J connectivity index is 2.13. The van der Waals surface area contributed by atoms with Crippen molar-refractivity contribution in [1.29, 1.82) is 0 Å². The van der Waals surface area contributed by atoms with E-state index in [4.69, 9.17) is 0 Å². The highest BCUT2D eigenvalue weighted by atomic mass is 16.2. The molecule has 0 saturated carbocycles. The van der Waals surface area contributed by atoms with Gasteiger partial charge in [-0.05, 0) is 12.2 Å². The SMILES string of the molecule is O=C1N=N[C@@H]2NC=CN3C=CC=C1[C@@H]23. The van der Waals surface area contributed by atoms with Gasteiger partial charge in [-0.25, -0.2) is 0 Å². The number of azo groups is 1. The smallest absolute Gasteiger partial charge is 0.293 e. The summed E-state index contributed by atoms with van der Waals surface area (Å²) in [4.78, 5) is 13.4. The van der Waals surface area contributed by atoms with Crippen LogP contribution in [0.4, 0.5) is 0 Å². The van der Waals surface area contributed by atoms with Crippen LogP contribution in [0, 0.1) is 0 Å². The number of carbonyl (C=O) groups excluding carboxylic acids is 1. The molecule has 0 fully saturated rings. The zero-order chi connectivity index (χ0) is 9.54. The second-order valence-corrected chi connectivity index (χ2v) is 3.30. The zero-order valence-corrected chi connectivity index (χ0v) is 7.29. The number of carbonyl (C=O) groups is 1. The van der Waals surface area contributed by atoms with E-state index in [0.717, 1.165) is 0 Å². The second-order valence-electron chi connectivity index (χ2n) is 3.30. The third kappa shape index (κ3) is 0.863. The Morgan fingerprint density at radius 3 is 3.29 bits per heavy atom. The Morgan fingerprint density at radius 2 is 2.36 bits per heavy atom. The predicted molar refractivity (Wildman–Crippen MR) is 48.8 cm³/mol. The van der Waals surface area contributed by atoms with Gasteiger partial charge in [0.2, 0.25) is 0 Å². The third-order valence-corrected chi connectivity index (χ3v) is 2.51. The van der Waals surface area contributed by atoms with E-state index in [1.807, 2.05) is 29.6 Å². The highest BCUT2D eigenvalue weighted by Crippen LogP contribution is 2.27. The number of nitrogens with zero attached hydrogens (tertiary/aromatic N) is 3. The number of allylic oxidation sites excluding steroid dienone is 2. The molecule has 0 aromatic rings. The molecule has 0 radical (unpaired) electrons. The maximum absolute atomic E-state index is 11.4. The lowest BCUT2D eigenvalue weighted by Gasteiger charge is -2.38. The van der Waals surface area contributed by atoms with E-state index in [-0.39, 0.29) is 18.1 Å². The molecule has 0 spiro atoms. The molecule has 3 aliphatic rings. The summed E-state index contributed by atoms with van der Waals surface area (Å²) >= 11 is 0. The Morgan fingerprint density at radius 1 is 1.43 bits per heavy atom. The van der Waals surface area contributed by atoms with Gasteiger partial charge < -0.3 is 10.2 Å². The molecule has 0 aromatic heterocycles. The molecule has 14 heavy (non-hydrogen) atoms. The molecule has 70 valence electrons. The van der Waals surface area contributed by atoms with Gasteiger partial charge in [0, 0.05) is 24.2 Å². The summed E-state index contributed by atoms with van der Waals surface area (Å²) < 4.78 is 0. The first-order valence-corrected chi connectivity index (χ1v) is 4.40. The molecular formula is C9H8N4O. The van der Waals surface area contributed by atoms with E-state index in [1.165, 1.54) is 0 Å². The molecule has 0 aromatic carbocycles. The molecule has 0 saturated heterocycles. The van der Waals surface area contributed by atoms with Crippen LogP contribution in [0.5, 0.6) is 0 Å². The van der Waals surface area contributed by atoms with E-state index in [9.17, 15) is 4.79 Å². The van der Waals surface area contributed by atoms with Gasteiger partial charge in [-0.2, -0.15) is 5.11 Å². The van der Waals surface area contributed by atoms with Crippen molar-refractivity contribution in [2.24, 2.45) is 10.2 Å². The van der Waals surface area contributed by atoms with Crippen molar-refractivity contribution in [3.05, 3.63) is 36.3 Å². The largest absolute Gasteiger partial charge is 0.365 e. The Labute approximate surface area is 80.5 Å². The van der Waals surface area contributed by atoms with Crippen molar-refractivity contribution in [3.8, 4) is 0 Å². The Kier molecular flexibility index (Phi) is 1.36. The zero-order valence-electron chi connectivity index (χ0n) is 7.29. The van der Waals surface area contributed by atoms with Crippen molar-refractivity contribution in [2.45, 2.75) is 12.2 Å². The molecule has 0 bridgehead atoms. The summed E-state index contributed by atoms with van der Waals surface area (Å²) in [5, 5.41) is 10.6. The van der Waals surface area contributed by atoms with Gasteiger partial charge in [0.15, 0.2) is 6.17 Å². The Bertz CT molecular complexity index is 407. The van der Waals surface area contributed by atoms with Crippen LogP contribution in [0.1, 0.15) is 0 Å². The van der Waals surface area contributed by atoms with Crippen LogP contribution in [-0.4, -0.2) is 23.0 Å². The van der Waals surface area contributed by atoms with Gasteiger partial charge in [0.05, 0.1) is 0 Å². The lowest BCUT2D eigenvalue weighted by Crippen LogP contribution is -2.51. The molecule has 3 aliphatic heterocycles. The summed E-state index contributed by atoms with van der Waals surface area (Å²) in [6.07, 6.45) is 9.12. The lowest BCUT2D eigenvalue weighted by atomic mass is 9.97. The minimum atomic E-state index is -0.238. The van der Waals surface area contributed by atoms with E-state index < -0.39 is 0 Å². The van der Waals surface area contributed by atoms with Gasteiger partial charge in [-0.3, -0.25) is 4.79 Å². The van der Waals surface area contributed by atoms with Crippen LogP contribution in [0.25, 0.3) is 0 Å². The van der Waals surface area contributed by atoms with Gasteiger partial charge in [-0.1, -0.05) is 0 Å². The Hall–Kier alpha value is -1.91. The molecule has 1 amide bonds. The predicted octanol–water partition coefficient (Wildman–Crippen LogP) is 0.504. The summed E-state index contributed by atoms with van der Waals surface area (Å²) in [5.74, 6) is -0.238. The molecular weight excluding hydrogens is 180 g/mol. The summed E-state index contributed by atoms with van der Waals surface area (Å²) in [7, 11) is 0. The van der Waals surface area contributed by atoms with Crippen LogP contribution >= 0.6 is 0 Å². The van der Waals surface area contributed by atoms with Crippen molar-refractivity contribution >= 4 is 5.91 Å². The fraction of sp³-hybridized carbons (Fsp3) is 0.222. The van der Waals surface area contributed by atoms with Crippen LogP contribution in [0.2, 0.25) is 0 Å². The third-order valence-electron chi connectivity index (χ3n) is 2.51. The van der Waals surface area contributed by atoms with E-state index in [1.54, 1.807) is 6.08 Å². The minimum absolute atomic E-state index is 0.0324. The fourth-order valence-corrected chi connectivity index (χ4v) is 1.86. The fourth-order valence-electron chi connectivity index (χ4n) is 1.86. The number of rotatable bonds is 0. The molecule has 5 heteroatoms. The van der Waals surface area contributed by atoms with Gasteiger partial charge in [0.25, 0.3) is 5.91 Å². The quantitative estimate of drug-likeness (QED) is 0.602. The highest BCUT2D eigenvalue weighted by Gasteiger charge is 2.38. The molecule has 1 N–H and O–H groups in total. The minimum Gasteiger partial charge on any atom is -0.365 e. The van der Waals surface area contributed by atoms with E-state index in [0.29, 0.717) is 5.57 Å². The second kappa shape index (κ2) is 2.54. The van der Waals surface area contributed by atoms with E-state index in [2.05, 4.69) is 15.5 Å². The summed E-state index contributed by atoms with van der Waals surface area (Å²) in [5.41, 5.74) is 0.698. The normalized spacial score (nSPS) is 32.4. The van der Waals surface area contributed by atoms with Crippen molar-refractivity contribution in [2.75, 3.05) is 0 Å². The van der Waals surface area contributed by atoms with Crippen LogP contribution in [0.3, 0.4) is 0 Å². The number of nitrogens with one attached hydrogen (secondary N) is 1. The van der Waals surface area contributed by atoms with Crippen molar-refractivity contribution in [1.82, 2.24) is 10.2 Å². The summed E-state index contributed by atoms with van der Waals surface area (Å²) in [6, 6.07) is -0.0324. The number of amides is 1. The summed E-state index contributed by atoms with van der Waals surface area (Å²) in [6.45, 7) is 0. The molecule has 0 aliphatic carbocycles. The van der Waals surface area contributed by atoms with E-state index >= 15 is 0 Å². The average Bonchev–Trinajstić information content (AvgIpc) is 2.24. The monoisotopic (exact) mass is 188 g/mol. The van der Waals surface area contributed by atoms with Crippen molar-refractivity contribution in [3.63, 3.8) is 0 Å². The number of hydrogen-bond acceptors (Lipinski definition) is 4. The molecule has 5 nitrogen and oxygen atoms in total. The maximum atomic E-state index is 11.4. The first-order valence-electron chi connectivity index (χ1n) is 4.40. The molecule has 0 unspecified atom stereocenters. The average molecular weight is 188 g/mol. The highest BCUT2D eigenvalue weighted by molar-refractivity contribution is 5.96. The first-order chi connectivity index (χ1) is 6.86. The standard InChI is InChI=1S/C9H8N4O/c14-9-6-2-1-4-13-5-3-10-8(7(6)13)11-12-9/h1-5,7-8,10H/t7-,8-/m0/s1. The van der Waals surface area contributed by atoms with Gasteiger partial charge in [0.1, 0.15) is 6.04 Å². The first kappa shape index (κ1) is 7.49. The van der Waals surface area contributed by atoms with Crippen molar-refractivity contribution < 1.29 is 4.79 Å². The maximum Gasteiger partial charge on any atom is 0.293 e. The van der Waals surface area contributed by atoms with Gasteiger partial charge >= 0.3 is 0 Å². The number of hydrogen-bond donors (Lipinski definition) is 1. The molecule has 3 rings (SSSR count). The van der Waals surface area contributed by atoms with Gasteiger partial charge in [-0.15, -0.1) is 5.11 Å². The molecule has 3 heterocycles. The lowest BCUT2D eigenvalue weighted by molar-refractivity contribution is -0.116.